The first-order chi connectivity index (χ1) is 13.5. The van der Waals surface area contributed by atoms with Gasteiger partial charge < -0.3 is 14.9 Å². The molecule has 0 rings (SSSR count). The molecule has 5 nitrogen and oxygen atoms in total. The van der Waals surface area contributed by atoms with Gasteiger partial charge in [0.05, 0.1) is 12.7 Å². The van der Waals surface area contributed by atoms with Crippen molar-refractivity contribution in [3.63, 3.8) is 0 Å². The van der Waals surface area contributed by atoms with Gasteiger partial charge in [-0.3, -0.25) is 4.52 Å². The summed E-state index contributed by atoms with van der Waals surface area (Å²) < 4.78 is 14.8. The molecule has 0 aromatic rings. The van der Waals surface area contributed by atoms with Crippen molar-refractivity contribution in [1.82, 2.24) is 0 Å². The molecule has 0 aliphatic heterocycles. The smallest absolute Gasteiger partial charge is 0.390 e. The Labute approximate surface area is 177 Å². The van der Waals surface area contributed by atoms with Gasteiger partial charge in [-0.15, -0.1) is 0 Å². The van der Waals surface area contributed by atoms with Gasteiger partial charge in [0.2, 0.25) is 0 Å². The molecule has 1 unspecified atom stereocenters. The predicted octanol–water partition coefficient (Wildman–Crippen LogP) is 6.45. The van der Waals surface area contributed by atoms with E-state index in [1.807, 2.05) is 0 Å². The maximum atomic E-state index is 10.5. The number of phosphoric acid groups is 1. The van der Waals surface area contributed by atoms with Crippen LogP contribution in [0.1, 0.15) is 110 Å². The van der Waals surface area contributed by atoms with Crippen LogP contribution in [0.25, 0.3) is 0 Å². The van der Waals surface area contributed by atoms with Crippen LogP contribution in [0, 0.1) is 0 Å². The lowest BCUT2D eigenvalue weighted by molar-refractivity contribution is 0.0997. The zero-order valence-corrected chi connectivity index (χ0v) is 19.7. The van der Waals surface area contributed by atoms with E-state index in [0.717, 1.165) is 12.2 Å². The van der Waals surface area contributed by atoms with Crippen molar-refractivity contribution in [1.29, 1.82) is 0 Å². The summed E-state index contributed by atoms with van der Waals surface area (Å²) in [6, 6.07) is 0. The van der Waals surface area contributed by atoms with Crippen LogP contribution in [0.4, 0.5) is 0 Å². The molecule has 0 aliphatic rings. The Bertz CT molecular complexity index is 365. The van der Waals surface area contributed by atoms with Crippen molar-refractivity contribution in [2.24, 2.45) is 0 Å². The Morgan fingerprint density at radius 3 is 1.54 bits per heavy atom. The zero-order chi connectivity index (χ0) is 20.9. The van der Waals surface area contributed by atoms with Gasteiger partial charge in [0.15, 0.2) is 0 Å². The number of rotatable bonds is 22. The van der Waals surface area contributed by atoms with Crippen LogP contribution in [-0.2, 0) is 9.09 Å². The number of phosphoric ester groups is 1. The largest absolute Gasteiger partial charge is 0.469 e. The van der Waals surface area contributed by atoms with Gasteiger partial charge in [0.1, 0.15) is 0 Å². The van der Waals surface area contributed by atoms with E-state index in [-0.39, 0.29) is 6.61 Å². The summed E-state index contributed by atoms with van der Waals surface area (Å²) in [7, 11) is -4.47. The fraction of sp³-hybridized carbons (Fsp3) is 1.00. The molecule has 0 bridgehead atoms. The second-order valence-corrected chi connectivity index (χ2v) is 10.2. The summed E-state index contributed by atoms with van der Waals surface area (Å²) in [6.07, 6.45) is 20.9. The maximum absolute atomic E-state index is 10.5. The van der Waals surface area contributed by atoms with Crippen LogP contribution in [0.15, 0.2) is 0 Å². The van der Waals surface area contributed by atoms with Gasteiger partial charge in [-0.05, 0) is 12.2 Å². The lowest BCUT2D eigenvalue weighted by Crippen LogP contribution is -2.17. The number of thioether (sulfide) groups is 1. The lowest BCUT2D eigenvalue weighted by Gasteiger charge is -2.11. The molecule has 28 heavy (non-hydrogen) atoms. The average Bonchev–Trinajstić information content (AvgIpc) is 2.65. The molecule has 0 radical (unpaired) electrons. The molecule has 7 heteroatoms. The Balaban J connectivity index is 3.13. The summed E-state index contributed by atoms with van der Waals surface area (Å²) in [4.78, 5) is 17.1. The predicted molar refractivity (Wildman–Crippen MR) is 121 cm³/mol. The fourth-order valence-corrected chi connectivity index (χ4v) is 4.51. The van der Waals surface area contributed by atoms with Crippen molar-refractivity contribution in [3.05, 3.63) is 0 Å². The van der Waals surface area contributed by atoms with Crippen LogP contribution >= 0.6 is 19.6 Å². The molecule has 0 fully saturated rings. The molecule has 0 spiro atoms. The van der Waals surface area contributed by atoms with Gasteiger partial charge >= 0.3 is 7.82 Å². The minimum atomic E-state index is -4.47. The molecule has 3 N–H and O–H groups in total. The Hall–Kier alpha value is 0.420. The summed E-state index contributed by atoms with van der Waals surface area (Å²) in [5.74, 6) is 1.43. The van der Waals surface area contributed by atoms with E-state index in [0.29, 0.717) is 5.75 Å². The van der Waals surface area contributed by atoms with Crippen LogP contribution < -0.4 is 0 Å². The first-order valence-electron chi connectivity index (χ1n) is 11.4. The standard InChI is InChI=1S/C21H45O5PS/c1-2-3-4-5-6-7-8-9-10-11-12-13-14-15-16-17-18-28-20-21(22)19-26-27(23,24)25/h21-22H,2-20H2,1H3,(H2,23,24,25). The third-order valence-corrected chi connectivity index (χ3v) is 6.57. The van der Waals surface area contributed by atoms with E-state index in [1.165, 1.54) is 96.3 Å². The Morgan fingerprint density at radius 2 is 1.14 bits per heavy atom. The van der Waals surface area contributed by atoms with Crippen molar-refractivity contribution >= 4 is 19.6 Å². The topological polar surface area (TPSA) is 87.0 Å². The number of hydrogen-bond acceptors (Lipinski definition) is 4. The number of aliphatic hydroxyl groups excluding tert-OH is 1. The number of aliphatic hydroxyl groups is 1. The monoisotopic (exact) mass is 440 g/mol. The first-order valence-corrected chi connectivity index (χ1v) is 14.1. The summed E-state index contributed by atoms with van der Waals surface area (Å²) in [5, 5.41) is 9.56. The molecular weight excluding hydrogens is 395 g/mol. The van der Waals surface area contributed by atoms with Gasteiger partial charge in [-0.2, -0.15) is 11.8 Å². The zero-order valence-electron chi connectivity index (χ0n) is 18.0. The Morgan fingerprint density at radius 1 is 0.750 bits per heavy atom. The van der Waals surface area contributed by atoms with E-state index >= 15 is 0 Å². The summed E-state index contributed by atoms with van der Waals surface area (Å²) >= 11 is 1.62. The van der Waals surface area contributed by atoms with Crippen molar-refractivity contribution in [2.45, 2.75) is 116 Å². The first kappa shape index (κ1) is 28.4. The molecule has 0 saturated carbocycles. The van der Waals surface area contributed by atoms with Gasteiger partial charge in [-0.1, -0.05) is 103 Å². The van der Waals surface area contributed by atoms with Gasteiger partial charge in [0, 0.05) is 5.75 Å². The molecule has 0 saturated heterocycles. The second-order valence-electron chi connectivity index (χ2n) is 7.82. The van der Waals surface area contributed by atoms with Crippen LogP contribution in [0.5, 0.6) is 0 Å². The molecule has 0 heterocycles. The highest BCUT2D eigenvalue weighted by Gasteiger charge is 2.16. The summed E-state index contributed by atoms with van der Waals surface area (Å²) in [5.41, 5.74) is 0. The number of unbranched alkanes of at least 4 members (excludes halogenated alkanes) is 15. The van der Waals surface area contributed by atoms with E-state index in [4.69, 9.17) is 9.79 Å². The normalized spacial score (nSPS) is 13.1. The highest BCUT2D eigenvalue weighted by molar-refractivity contribution is 7.99. The third kappa shape index (κ3) is 24.5. The molecule has 0 aromatic heterocycles. The van der Waals surface area contributed by atoms with Crippen molar-refractivity contribution < 1.29 is 24.0 Å². The lowest BCUT2D eigenvalue weighted by atomic mass is 10.0. The van der Waals surface area contributed by atoms with E-state index in [2.05, 4.69) is 11.4 Å². The molecule has 170 valence electrons. The van der Waals surface area contributed by atoms with Crippen LogP contribution in [-0.4, -0.2) is 39.1 Å². The molecule has 0 amide bonds. The summed E-state index contributed by atoms with van der Waals surface area (Å²) in [6.45, 7) is 1.96. The molecule has 0 aromatic carbocycles. The van der Waals surface area contributed by atoms with E-state index < -0.39 is 13.9 Å². The highest BCUT2D eigenvalue weighted by atomic mass is 32.2. The molecule has 1 atom stereocenters. The SMILES string of the molecule is CCCCCCCCCCCCCCCCCCSCC(O)COP(=O)(O)O. The quantitative estimate of drug-likeness (QED) is 0.132. The van der Waals surface area contributed by atoms with E-state index in [1.54, 1.807) is 11.8 Å². The van der Waals surface area contributed by atoms with Crippen LogP contribution in [0.2, 0.25) is 0 Å². The molecule has 0 aliphatic carbocycles. The van der Waals surface area contributed by atoms with Crippen molar-refractivity contribution in [2.75, 3.05) is 18.1 Å². The third-order valence-electron chi connectivity index (χ3n) is 4.89. The fourth-order valence-electron chi connectivity index (χ4n) is 3.20. The Kier molecular flexibility index (Phi) is 21.0. The number of hydrogen-bond donors (Lipinski definition) is 3. The maximum Gasteiger partial charge on any atom is 0.469 e. The van der Waals surface area contributed by atoms with Gasteiger partial charge in [0.25, 0.3) is 0 Å². The average molecular weight is 441 g/mol. The highest BCUT2D eigenvalue weighted by Crippen LogP contribution is 2.35. The second kappa shape index (κ2) is 20.7. The van der Waals surface area contributed by atoms with Crippen LogP contribution in [0.3, 0.4) is 0 Å². The van der Waals surface area contributed by atoms with Gasteiger partial charge in [-0.25, -0.2) is 4.57 Å². The minimum absolute atomic E-state index is 0.309. The van der Waals surface area contributed by atoms with Crippen molar-refractivity contribution in [3.8, 4) is 0 Å². The van der Waals surface area contributed by atoms with E-state index in [9.17, 15) is 9.67 Å². The minimum Gasteiger partial charge on any atom is -0.390 e. The molecular formula is C21H45O5PS.